The van der Waals surface area contributed by atoms with E-state index >= 15 is 0 Å². The van der Waals surface area contributed by atoms with Gasteiger partial charge in [-0.1, -0.05) is 55.2 Å². The molecule has 3 aromatic rings. The van der Waals surface area contributed by atoms with Crippen LogP contribution in [-0.4, -0.2) is 28.9 Å². The summed E-state index contributed by atoms with van der Waals surface area (Å²) in [5, 5.41) is 2.18. The lowest BCUT2D eigenvalue weighted by Crippen LogP contribution is -2.44. The molecule has 2 heterocycles. The molecule has 1 N–H and O–H groups in total. The summed E-state index contributed by atoms with van der Waals surface area (Å²) in [5.74, 6) is 0.688. The van der Waals surface area contributed by atoms with Gasteiger partial charge in [-0.3, -0.25) is 4.79 Å². The standard InChI is InChI=1S/C22H22Cl2N2O2/c1-13(2)22-21-16(15-5-3-4-6-18(15)25-21)9-10-26(22)20(27)12-28-19-8-7-14(23)11-17(19)24/h3-8,11,13,22,25H,9-10,12H2,1-2H3/t22-/m0/s1. The zero-order chi connectivity index (χ0) is 19.8. The Morgan fingerprint density at radius 1 is 1.25 bits per heavy atom. The molecule has 1 amide bonds. The van der Waals surface area contributed by atoms with Crippen molar-refractivity contribution >= 4 is 40.0 Å². The number of carbonyl (C=O) groups is 1. The molecular weight excluding hydrogens is 395 g/mol. The number of carbonyl (C=O) groups excluding carboxylic acids is 1. The molecular formula is C22H22Cl2N2O2. The van der Waals surface area contributed by atoms with Gasteiger partial charge in [-0.25, -0.2) is 0 Å². The molecule has 146 valence electrons. The van der Waals surface area contributed by atoms with Crippen molar-refractivity contribution in [3.63, 3.8) is 0 Å². The minimum Gasteiger partial charge on any atom is -0.482 e. The number of ether oxygens (including phenoxy) is 1. The van der Waals surface area contributed by atoms with Crippen molar-refractivity contribution in [1.82, 2.24) is 9.88 Å². The first-order chi connectivity index (χ1) is 13.5. The van der Waals surface area contributed by atoms with E-state index in [0.717, 1.165) is 17.6 Å². The number of amides is 1. The van der Waals surface area contributed by atoms with Gasteiger partial charge >= 0.3 is 0 Å². The SMILES string of the molecule is CC(C)[C@H]1c2[nH]c3ccccc3c2CCN1C(=O)COc1ccc(Cl)cc1Cl. The molecule has 28 heavy (non-hydrogen) atoms. The lowest BCUT2D eigenvalue weighted by atomic mass is 9.90. The van der Waals surface area contributed by atoms with E-state index in [4.69, 9.17) is 27.9 Å². The number of hydrogen-bond acceptors (Lipinski definition) is 2. The van der Waals surface area contributed by atoms with Crippen LogP contribution >= 0.6 is 23.2 Å². The zero-order valence-electron chi connectivity index (χ0n) is 15.8. The summed E-state index contributed by atoms with van der Waals surface area (Å²) in [6, 6.07) is 13.3. The number of nitrogens with zero attached hydrogens (tertiary/aromatic N) is 1. The number of fused-ring (bicyclic) bond motifs is 3. The number of hydrogen-bond donors (Lipinski definition) is 1. The quantitative estimate of drug-likeness (QED) is 0.598. The van der Waals surface area contributed by atoms with Gasteiger partial charge in [0.15, 0.2) is 6.61 Å². The second-order valence-electron chi connectivity index (χ2n) is 7.45. The van der Waals surface area contributed by atoms with E-state index in [1.165, 1.54) is 10.9 Å². The van der Waals surface area contributed by atoms with Crippen LogP contribution in [0.25, 0.3) is 10.9 Å². The molecule has 1 aliphatic heterocycles. The molecule has 2 aromatic carbocycles. The lowest BCUT2D eigenvalue weighted by Gasteiger charge is -2.38. The predicted molar refractivity (Wildman–Crippen MR) is 113 cm³/mol. The minimum atomic E-state index is -0.0554. The van der Waals surface area contributed by atoms with Gasteiger partial charge in [-0.15, -0.1) is 0 Å². The van der Waals surface area contributed by atoms with Crippen molar-refractivity contribution in [1.29, 1.82) is 0 Å². The van der Waals surface area contributed by atoms with Gasteiger partial charge in [0, 0.05) is 28.2 Å². The average molecular weight is 417 g/mol. The van der Waals surface area contributed by atoms with Gasteiger partial charge in [0.2, 0.25) is 0 Å². The Kier molecular flexibility index (Phi) is 5.26. The van der Waals surface area contributed by atoms with Crippen molar-refractivity contribution in [3.8, 4) is 5.75 Å². The fraction of sp³-hybridized carbons (Fsp3) is 0.318. The van der Waals surface area contributed by atoms with Gasteiger partial charge in [-0.2, -0.15) is 0 Å². The van der Waals surface area contributed by atoms with Crippen LogP contribution in [0, 0.1) is 5.92 Å². The van der Waals surface area contributed by atoms with Crippen LogP contribution in [0.4, 0.5) is 0 Å². The Morgan fingerprint density at radius 3 is 2.79 bits per heavy atom. The number of aromatic amines is 1. The molecule has 0 unspecified atom stereocenters. The molecule has 1 aliphatic rings. The van der Waals surface area contributed by atoms with Gasteiger partial charge < -0.3 is 14.6 Å². The van der Waals surface area contributed by atoms with Crippen LogP contribution in [0.5, 0.6) is 5.75 Å². The average Bonchev–Trinajstić information content (AvgIpc) is 3.04. The number of aromatic nitrogens is 1. The Labute approximate surface area is 174 Å². The number of halogens is 2. The highest BCUT2D eigenvalue weighted by molar-refractivity contribution is 6.35. The lowest BCUT2D eigenvalue weighted by molar-refractivity contribution is -0.137. The third-order valence-corrected chi connectivity index (χ3v) is 5.81. The molecule has 0 radical (unpaired) electrons. The molecule has 4 rings (SSSR count). The highest BCUT2D eigenvalue weighted by atomic mass is 35.5. The van der Waals surface area contributed by atoms with E-state index in [2.05, 4.69) is 37.0 Å². The van der Waals surface area contributed by atoms with Gasteiger partial charge in [0.25, 0.3) is 5.91 Å². The van der Waals surface area contributed by atoms with Crippen molar-refractivity contribution in [3.05, 3.63) is 63.8 Å². The van der Waals surface area contributed by atoms with E-state index in [1.807, 2.05) is 11.0 Å². The molecule has 1 atom stereocenters. The molecule has 4 nitrogen and oxygen atoms in total. The highest BCUT2D eigenvalue weighted by Crippen LogP contribution is 2.38. The first kappa shape index (κ1) is 19.2. The number of nitrogens with one attached hydrogen (secondary N) is 1. The van der Waals surface area contributed by atoms with E-state index in [-0.39, 0.29) is 24.5 Å². The van der Waals surface area contributed by atoms with Crippen LogP contribution in [0.1, 0.15) is 31.1 Å². The summed E-state index contributed by atoms with van der Waals surface area (Å²) in [5.41, 5.74) is 3.58. The largest absolute Gasteiger partial charge is 0.482 e. The number of para-hydroxylation sites is 1. The highest BCUT2D eigenvalue weighted by Gasteiger charge is 2.35. The van der Waals surface area contributed by atoms with Crippen LogP contribution in [0.15, 0.2) is 42.5 Å². The van der Waals surface area contributed by atoms with Crippen molar-refractivity contribution < 1.29 is 9.53 Å². The summed E-state index contributed by atoms with van der Waals surface area (Å²) in [6.07, 6.45) is 0.829. The van der Waals surface area contributed by atoms with Crippen LogP contribution in [0.2, 0.25) is 10.0 Å². The van der Waals surface area contributed by atoms with Gasteiger partial charge in [0.05, 0.1) is 11.1 Å². The van der Waals surface area contributed by atoms with E-state index in [1.54, 1.807) is 18.2 Å². The number of benzene rings is 2. The normalized spacial score (nSPS) is 16.5. The van der Waals surface area contributed by atoms with Crippen molar-refractivity contribution in [2.45, 2.75) is 26.3 Å². The van der Waals surface area contributed by atoms with E-state index < -0.39 is 0 Å². The first-order valence-corrected chi connectivity index (χ1v) is 10.2. The smallest absolute Gasteiger partial charge is 0.261 e. The monoisotopic (exact) mass is 416 g/mol. The topological polar surface area (TPSA) is 45.3 Å². The fourth-order valence-corrected chi connectivity index (χ4v) is 4.52. The predicted octanol–water partition coefficient (Wildman–Crippen LogP) is 5.64. The maximum Gasteiger partial charge on any atom is 0.261 e. The molecule has 0 spiro atoms. The molecule has 0 bridgehead atoms. The van der Waals surface area contributed by atoms with Gasteiger partial charge in [0.1, 0.15) is 5.75 Å². The molecule has 0 aliphatic carbocycles. The maximum absolute atomic E-state index is 13.0. The summed E-state index contributed by atoms with van der Waals surface area (Å²) in [4.78, 5) is 18.5. The molecule has 1 aromatic heterocycles. The summed E-state index contributed by atoms with van der Waals surface area (Å²) in [7, 11) is 0. The Balaban J connectivity index is 1.57. The Hall–Kier alpha value is -2.17. The second-order valence-corrected chi connectivity index (χ2v) is 8.30. The molecule has 6 heteroatoms. The second kappa shape index (κ2) is 7.69. The van der Waals surface area contributed by atoms with Crippen molar-refractivity contribution in [2.75, 3.05) is 13.2 Å². The van der Waals surface area contributed by atoms with Crippen LogP contribution < -0.4 is 4.74 Å². The summed E-state index contributed by atoms with van der Waals surface area (Å²) >= 11 is 12.1. The van der Waals surface area contributed by atoms with Crippen molar-refractivity contribution in [2.24, 2.45) is 5.92 Å². The van der Waals surface area contributed by atoms with E-state index in [9.17, 15) is 4.79 Å². The third-order valence-electron chi connectivity index (χ3n) is 5.28. The first-order valence-electron chi connectivity index (χ1n) is 9.42. The fourth-order valence-electron chi connectivity index (χ4n) is 4.06. The molecule has 0 saturated heterocycles. The number of H-pyrrole nitrogens is 1. The van der Waals surface area contributed by atoms with E-state index in [0.29, 0.717) is 22.3 Å². The summed E-state index contributed by atoms with van der Waals surface area (Å²) < 4.78 is 5.69. The molecule has 0 saturated carbocycles. The minimum absolute atomic E-state index is 0.00654. The van der Waals surface area contributed by atoms with Crippen LogP contribution in [0.3, 0.4) is 0 Å². The molecule has 0 fully saturated rings. The van der Waals surface area contributed by atoms with Gasteiger partial charge in [-0.05, 0) is 42.2 Å². The summed E-state index contributed by atoms with van der Waals surface area (Å²) in [6.45, 7) is 4.90. The Bertz CT molecular complexity index is 1030. The maximum atomic E-state index is 13.0. The van der Waals surface area contributed by atoms with Crippen LogP contribution in [-0.2, 0) is 11.2 Å². The number of rotatable bonds is 4. The zero-order valence-corrected chi connectivity index (χ0v) is 17.3. The third kappa shape index (κ3) is 3.47. The Morgan fingerprint density at radius 2 is 2.04 bits per heavy atom.